The molecule has 34 heavy (non-hydrogen) atoms. The van der Waals surface area contributed by atoms with Crippen molar-refractivity contribution in [3.8, 4) is 0 Å². The maximum Gasteiger partial charge on any atom is 0.410 e. The van der Waals surface area contributed by atoms with E-state index < -0.39 is 5.60 Å². The first-order chi connectivity index (χ1) is 16.2. The maximum atomic E-state index is 12.5. The molecule has 2 aromatic carbocycles. The van der Waals surface area contributed by atoms with Crippen LogP contribution in [-0.2, 0) is 11.3 Å². The van der Waals surface area contributed by atoms with E-state index in [2.05, 4.69) is 32.5 Å². The van der Waals surface area contributed by atoms with Crippen LogP contribution in [-0.4, -0.2) is 53.0 Å². The maximum absolute atomic E-state index is 12.5. The first-order valence-electron chi connectivity index (χ1n) is 11.4. The monoisotopic (exact) mass is 483 g/mol. The Morgan fingerprint density at radius 3 is 2.71 bits per heavy atom. The second kappa shape index (κ2) is 9.93. The number of carbonyl (C=O) groups is 1. The molecule has 0 radical (unpaired) electrons. The number of rotatable bonds is 4. The van der Waals surface area contributed by atoms with Crippen molar-refractivity contribution >= 4 is 39.8 Å². The van der Waals surface area contributed by atoms with E-state index in [1.807, 2.05) is 45.0 Å². The molecule has 8 nitrogen and oxygen atoms in total. The Bertz CT molecular complexity index is 1240. The highest BCUT2D eigenvalue weighted by Gasteiger charge is 2.25. The quantitative estimate of drug-likeness (QED) is 0.562. The topological polar surface area (TPSA) is 90.6 Å². The summed E-state index contributed by atoms with van der Waals surface area (Å²) in [5.74, 6) is 0. The van der Waals surface area contributed by atoms with Crippen molar-refractivity contribution in [2.45, 2.75) is 39.3 Å². The molecule has 1 aromatic heterocycles. The Morgan fingerprint density at radius 1 is 1.12 bits per heavy atom. The molecule has 1 amide bonds. The van der Waals surface area contributed by atoms with Gasteiger partial charge in [-0.25, -0.2) is 9.89 Å². The van der Waals surface area contributed by atoms with Crippen molar-refractivity contribution in [1.29, 1.82) is 0 Å². The summed E-state index contributed by atoms with van der Waals surface area (Å²) >= 11 is 6.18. The molecule has 1 saturated heterocycles. The summed E-state index contributed by atoms with van der Waals surface area (Å²) in [6.45, 7) is 9.13. The number of ether oxygens (including phenoxy) is 1. The van der Waals surface area contributed by atoms with Crippen LogP contribution in [0.25, 0.3) is 10.8 Å². The van der Waals surface area contributed by atoms with Crippen LogP contribution >= 0.6 is 11.6 Å². The Morgan fingerprint density at radius 2 is 1.91 bits per heavy atom. The van der Waals surface area contributed by atoms with E-state index in [9.17, 15) is 9.59 Å². The minimum atomic E-state index is -0.502. The number of fused-ring (bicyclic) bond motifs is 1. The molecule has 2 heterocycles. The van der Waals surface area contributed by atoms with Gasteiger partial charge in [0.05, 0.1) is 5.39 Å². The summed E-state index contributed by atoms with van der Waals surface area (Å²) in [5, 5.41) is 11.1. The SMILES string of the molecule is CC(C)(C)OC(=O)N1CCCN(c2ccccc2CNc2ccc3c(=O)[nH]nc(Cl)c3c2)CC1. The second-order valence-electron chi connectivity index (χ2n) is 9.39. The Labute approximate surface area is 203 Å². The molecule has 3 aromatic rings. The molecule has 4 rings (SSSR count). The first-order valence-corrected chi connectivity index (χ1v) is 11.8. The van der Waals surface area contributed by atoms with Gasteiger partial charge in [0.25, 0.3) is 5.56 Å². The van der Waals surface area contributed by atoms with Crippen molar-refractivity contribution in [3.05, 3.63) is 63.5 Å². The number of anilines is 2. The summed E-state index contributed by atoms with van der Waals surface area (Å²) < 4.78 is 5.55. The molecule has 180 valence electrons. The highest BCUT2D eigenvalue weighted by atomic mass is 35.5. The van der Waals surface area contributed by atoms with Gasteiger partial charge in [0.1, 0.15) is 5.60 Å². The lowest BCUT2D eigenvalue weighted by molar-refractivity contribution is 0.0263. The van der Waals surface area contributed by atoms with Gasteiger partial charge in [0, 0.05) is 49.5 Å². The molecule has 1 fully saturated rings. The van der Waals surface area contributed by atoms with Crippen molar-refractivity contribution < 1.29 is 9.53 Å². The lowest BCUT2D eigenvalue weighted by atomic mass is 10.1. The van der Waals surface area contributed by atoms with Gasteiger partial charge in [-0.05, 0) is 57.0 Å². The number of amides is 1. The van der Waals surface area contributed by atoms with Gasteiger partial charge in [-0.3, -0.25) is 4.79 Å². The third kappa shape index (κ3) is 5.62. The predicted molar refractivity (Wildman–Crippen MR) is 136 cm³/mol. The van der Waals surface area contributed by atoms with Crippen LogP contribution in [0.5, 0.6) is 0 Å². The molecular weight excluding hydrogens is 454 g/mol. The molecule has 0 unspecified atom stereocenters. The average molecular weight is 484 g/mol. The average Bonchev–Trinajstić information content (AvgIpc) is 3.06. The number of H-pyrrole nitrogens is 1. The number of nitrogens with one attached hydrogen (secondary N) is 2. The van der Waals surface area contributed by atoms with Gasteiger partial charge in [0.2, 0.25) is 0 Å². The molecular formula is C25H30ClN5O3. The summed E-state index contributed by atoms with van der Waals surface area (Å²) in [4.78, 5) is 28.6. The van der Waals surface area contributed by atoms with Gasteiger partial charge >= 0.3 is 6.09 Å². The lowest BCUT2D eigenvalue weighted by Crippen LogP contribution is -2.39. The Kier molecular flexibility index (Phi) is 6.97. The smallest absolute Gasteiger partial charge is 0.410 e. The third-order valence-corrected chi connectivity index (χ3v) is 5.99. The van der Waals surface area contributed by atoms with Crippen molar-refractivity contribution in [2.24, 2.45) is 0 Å². The van der Waals surface area contributed by atoms with E-state index in [-0.39, 0.29) is 16.8 Å². The number of aromatic nitrogens is 2. The van der Waals surface area contributed by atoms with Crippen LogP contribution < -0.4 is 15.8 Å². The fourth-order valence-corrected chi connectivity index (χ4v) is 4.28. The van der Waals surface area contributed by atoms with Crippen LogP contribution in [0.3, 0.4) is 0 Å². The fraction of sp³-hybridized carbons (Fsp3) is 0.400. The lowest BCUT2D eigenvalue weighted by Gasteiger charge is -2.27. The summed E-state index contributed by atoms with van der Waals surface area (Å²) in [6.07, 6.45) is 0.610. The van der Waals surface area contributed by atoms with Crippen molar-refractivity contribution in [3.63, 3.8) is 0 Å². The molecule has 2 N–H and O–H groups in total. The van der Waals surface area contributed by atoms with Gasteiger partial charge in [0.15, 0.2) is 5.15 Å². The summed E-state index contributed by atoms with van der Waals surface area (Å²) in [7, 11) is 0. The number of aromatic amines is 1. The van der Waals surface area contributed by atoms with E-state index in [0.717, 1.165) is 36.4 Å². The van der Waals surface area contributed by atoms with Gasteiger partial charge in [-0.2, -0.15) is 5.10 Å². The number of hydrogen-bond acceptors (Lipinski definition) is 6. The number of nitrogens with zero attached hydrogens (tertiary/aromatic N) is 3. The number of benzene rings is 2. The van der Waals surface area contributed by atoms with E-state index in [1.165, 1.54) is 0 Å². The highest BCUT2D eigenvalue weighted by molar-refractivity contribution is 6.34. The van der Waals surface area contributed by atoms with E-state index in [4.69, 9.17) is 16.3 Å². The molecule has 0 saturated carbocycles. The zero-order valence-electron chi connectivity index (χ0n) is 19.7. The first kappa shape index (κ1) is 23.9. The van der Waals surface area contributed by atoms with Crippen LogP contribution in [0.15, 0.2) is 47.3 Å². The van der Waals surface area contributed by atoms with Gasteiger partial charge < -0.3 is 19.9 Å². The molecule has 1 aliphatic heterocycles. The summed E-state index contributed by atoms with van der Waals surface area (Å²) in [5.41, 5.74) is 2.36. The van der Waals surface area contributed by atoms with Crippen LogP contribution in [0.1, 0.15) is 32.8 Å². The van der Waals surface area contributed by atoms with Crippen LogP contribution in [0.4, 0.5) is 16.2 Å². The fourth-order valence-electron chi connectivity index (χ4n) is 4.08. The van der Waals surface area contributed by atoms with E-state index >= 15 is 0 Å². The minimum Gasteiger partial charge on any atom is -0.444 e. The zero-order chi connectivity index (χ0) is 24.3. The Hall–Kier alpha value is -3.26. The van der Waals surface area contributed by atoms with Crippen molar-refractivity contribution in [1.82, 2.24) is 15.1 Å². The molecule has 0 bridgehead atoms. The van der Waals surface area contributed by atoms with Crippen molar-refractivity contribution in [2.75, 3.05) is 36.4 Å². The van der Waals surface area contributed by atoms with Gasteiger partial charge in [-0.15, -0.1) is 0 Å². The highest BCUT2D eigenvalue weighted by Crippen LogP contribution is 2.26. The Balaban J connectivity index is 1.46. The van der Waals surface area contributed by atoms with Crippen LogP contribution in [0, 0.1) is 0 Å². The number of halogens is 1. The second-order valence-corrected chi connectivity index (χ2v) is 9.75. The molecule has 1 aliphatic rings. The molecule has 0 atom stereocenters. The molecule has 0 spiro atoms. The number of para-hydroxylation sites is 1. The van der Waals surface area contributed by atoms with Gasteiger partial charge in [-0.1, -0.05) is 29.8 Å². The number of hydrogen-bond donors (Lipinski definition) is 2. The normalized spacial score (nSPS) is 14.7. The largest absolute Gasteiger partial charge is 0.444 e. The third-order valence-electron chi connectivity index (χ3n) is 5.70. The van der Waals surface area contributed by atoms with Crippen LogP contribution in [0.2, 0.25) is 5.15 Å². The number of carbonyl (C=O) groups excluding carboxylic acids is 1. The minimum absolute atomic E-state index is 0.257. The zero-order valence-corrected chi connectivity index (χ0v) is 20.5. The predicted octanol–water partition coefficient (Wildman–Crippen LogP) is 4.64. The molecule has 9 heteroatoms. The van der Waals surface area contributed by atoms with E-state index in [1.54, 1.807) is 11.0 Å². The molecule has 0 aliphatic carbocycles. The summed E-state index contributed by atoms with van der Waals surface area (Å²) in [6, 6.07) is 13.7. The van der Waals surface area contributed by atoms with E-state index in [0.29, 0.717) is 30.4 Å². The standard InChI is InChI=1S/C25H30ClN5O3/c1-25(2,3)34-24(33)31-12-6-11-30(13-14-31)21-8-5-4-7-17(21)16-27-18-9-10-19-20(15-18)22(26)28-29-23(19)32/h4-5,7-10,15,27H,6,11-14,16H2,1-3H3,(H,29,32).